The number of hydrogen-bond donors (Lipinski definition) is 1. The molecule has 0 aliphatic carbocycles. The van der Waals surface area contributed by atoms with Crippen molar-refractivity contribution >= 4 is 16.8 Å². The largest absolute Gasteiger partial charge is 0.423 e. The Morgan fingerprint density at radius 3 is 2.84 bits per heavy atom. The smallest absolute Gasteiger partial charge is 0.270 e. The molecule has 1 aromatic carbocycles. The molecule has 0 saturated carbocycles. The number of rotatable bonds is 2. The Morgan fingerprint density at radius 2 is 2.08 bits per heavy atom. The summed E-state index contributed by atoms with van der Waals surface area (Å²) in [6.45, 7) is 7.21. The molecule has 130 valence electrons. The van der Waals surface area contributed by atoms with Crippen LogP contribution < -0.4 is 0 Å². The number of fused-ring (bicyclic) bond motifs is 1. The second kappa shape index (κ2) is 6.00. The number of aryl methyl sites for hydroxylation is 3. The molecule has 1 fully saturated rings. The average Bonchev–Trinajstić information content (AvgIpc) is 3.21. The van der Waals surface area contributed by atoms with Gasteiger partial charge in [-0.05, 0) is 37.1 Å². The van der Waals surface area contributed by atoms with Crippen molar-refractivity contribution in [1.29, 1.82) is 0 Å². The summed E-state index contributed by atoms with van der Waals surface area (Å²) in [5.41, 5.74) is 3.90. The topological polar surface area (TPSA) is 84.2 Å². The number of carbonyl (C=O) groups is 1. The lowest BCUT2D eigenvalue weighted by Gasteiger charge is -2.30. The van der Waals surface area contributed by atoms with E-state index in [-0.39, 0.29) is 12.0 Å². The van der Waals surface area contributed by atoms with Crippen LogP contribution >= 0.6 is 0 Å². The number of aromatic nitrogens is 3. The molecule has 0 spiro atoms. The zero-order valence-electron chi connectivity index (χ0n) is 14.5. The fourth-order valence-corrected chi connectivity index (χ4v) is 3.31. The van der Waals surface area contributed by atoms with Gasteiger partial charge in [0, 0.05) is 24.4 Å². The third kappa shape index (κ3) is 2.91. The van der Waals surface area contributed by atoms with Gasteiger partial charge in [0.15, 0.2) is 6.10 Å². The van der Waals surface area contributed by atoms with Crippen LogP contribution in [0.2, 0.25) is 0 Å². The van der Waals surface area contributed by atoms with E-state index in [9.17, 15) is 4.79 Å². The fourth-order valence-electron chi connectivity index (χ4n) is 3.31. The standard InChI is InChI=1S/C18H20N4O3/c1-10-6-11(2)13-8-15(19-14(13)7-10)18(23)22-4-5-24-16(9-22)17-21-20-12(3)25-17/h6-8,16,19H,4-5,9H2,1-3H3/t16-/m1/s1. The first-order chi connectivity index (χ1) is 12.0. The highest BCUT2D eigenvalue weighted by Gasteiger charge is 2.30. The van der Waals surface area contributed by atoms with Crippen molar-refractivity contribution in [2.45, 2.75) is 26.9 Å². The Balaban J connectivity index is 1.59. The number of H-pyrrole nitrogens is 1. The van der Waals surface area contributed by atoms with Gasteiger partial charge in [-0.3, -0.25) is 4.79 Å². The Morgan fingerprint density at radius 1 is 1.24 bits per heavy atom. The summed E-state index contributed by atoms with van der Waals surface area (Å²) in [5, 5.41) is 8.91. The number of morpholine rings is 1. The molecule has 1 aliphatic heterocycles. The number of nitrogens with one attached hydrogen (secondary N) is 1. The molecule has 1 saturated heterocycles. The monoisotopic (exact) mass is 340 g/mol. The molecule has 0 unspecified atom stereocenters. The van der Waals surface area contributed by atoms with Crippen LogP contribution in [0.4, 0.5) is 0 Å². The molecular weight excluding hydrogens is 320 g/mol. The van der Waals surface area contributed by atoms with Gasteiger partial charge >= 0.3 is 0 Å². The van der Waals surface area contributed by atoms with Gasteiger partial charge in [-0.1, -0.05) is 6.07 Å². The van der Waals surface area contributed by atoms with Crippen LogP contribution in [0.25, 0.3) is 10.9 Å². The van der Waals surface area contributed by atoms with Crippen molar-refractivity contribution in [2.75, 3.05) is 19.7 Å². The highest BCUT2D eigenvalue weighted by Crippen LogP contribution is 2.25. The minimum atomic E-state index is -0.382. The first-order valence-electron chi connectivity index (χ1n) is 8.32. The van der Waals surface area contributed by atoms with Gasteiger partial charge < -0.3 is 19.0 Å². The third-order valence-corrected chi connectivity index (χ3v) is 4.49. The molecule has 0 radical (unpaired) electrons. The van der Waals surface area contributed by atoms with Crippen molar-refractivity contribution in [3.05, 3.63) is 46.8 Å². The highest BCUT2D eigenvalue weighted by atomic mass is 16.5. The molecule has 7 heteroatoms. The second-order valence-corrected chi connectivity index (χ2v) is 6.50. The molecule has 7 nitrogen and oxygen atoms in total. The van der Waals surface area contributed by atoms with E-state index in [2.05, 4.69) is 34.2 Å². The summed E-state index contributed by atoms with van der Waals surface area (Å²) >= 11 is 0. The number of amides is 1. The van der Waals surface area contributed by atoms with E-state index < -0.39 is 0 Å². The number of hydrogen-bond acceptors (Lipinski definition) is 5. The second-order valence-electron chi connectivity index (χ2n) is 6.50. The SMILES string of the molecule is Cc1cc(C)c2cc(C(=O)N3CCO[C@@H](c4nnc(C)o4)C3)[nH]c2c1. The lowest BCUT2D eigenvalue weighted by Crippen LogP contribution is -2.42. The molecule has 3 aromatic rings. The van der Waals surface area contributed by atoms with Crippen LogP contribution in [0.1, 0.15) is 39.5 Å². The Labute approximate surface area is 145 Å². The van der Waals surface area contributed by atoms with Crippen LogP contribution in [0.15, 0.2) is 22.6 Å². The Bertz CT molecular complexity index is 943. The lowest BCUT2D eigenvalue weighted by molar-refractivity contribution is -0.0350. The lowest BCUT2D eigenvalue weighted by atomic mass is 10.1. The van der Waals surface area contributed by atoms with Crippen LogP contribution in [0.3, 0.4) is 0 Å². The van der Waals surface area contributed by atoms with Gasteiger partial charge in [0.05, 0.1) is 13.2 Å². The van der Waals surface area contributed by atoms with Crippen molar-refractivity contribution in [3.63, 3.8) is 0 Å². The first kappa shape index (κ1) is 15.8. The zero-order chi connectivity index (χ0) is 17.6. The van der Waals surface area contributed by atoms with Gasteiger partial charge in [-0.25, -0.2) is 0 Å². The number of ether oxygens (including phenoxy) is 1. The summed E-state index contributed by atoms with van der Waals surface area (Å²) < 4.78 is 11.1. The maximum atomic E-state index is 12.9. The molecule has 1 atom stereocenters. The minimum absolute atomic E-state index is 0.0437. The molecule has 2 aromatic heterocycles. The first-order valence-corrected chi connectivity index (χ1v) is 8.32. The van der Waals surface area contributed by atoms with Crippen LogP contribution in [-0.4, -0.2) is 45.7 Å². The fraction of sp³-hybridized carbons (Fsp3) is 0.389. The number of benzene rings is 1. The summed E-state index contributed by atoms with van der Waals surface area (Å²) in [4.78, 5) is 17.9. The number of aromatic amines is 1. The molecule has 4 rings (SSSR count). The number of carbonyl (C=O) groups excluding carboxylic acids is 1. The predicted octanol–water partition coefficient (Wildman–Crippen LogP) is 2.69. The van der Waals surface area contributed by atoms with E-state index in [1.54, 1.807) is 11.8 Å². The molecule has 0 bridgehead atoms. The van der Waals surface area contributed by atoms with Crippen LogP contribution in [-0.2, 0) is 4.74 Å². The minimum Gasteiger partial charge on any atom is -0.423 e. The van der Waals surface area contributed by atoms with E-state index in [0.29, 0.717) is 37.2 Å². The summed E-state index contributed by atoms with van der Waals surface area (Å²) in [6.07, 6.45) is -0.382. The van der Waals surface area contributed by atoms with Gasteiger partial charge in [-0.15, -0.1) is 10.2 Å². The summed E-state index contributed by atoms with van der Waals surface area (Å²) in [5.74, 6) is 0.861. The van der Waals surface area contributed by atoms with E-state index >= 15 is 0 Å². The maximum Gasteiger partial charge on any atom is 0.270 e. The number of nitrogens with zero attached hydrogens (tertiary/aromatic N) is 3. The van der Waals surface area contributed by atoms with Gasteiger partial charge in [-0.2, -0.15) is 0 Å². The summed E-state index contributed by atoms with van der Waals surface area (Å²) in [6, 6.07) is 6.10. The van der Waals surface area contributed by atoms with Crippen LogP contribution in [0.5, 0.6) is 0 Å². The average molecular weight is 340 g/mol. The normalized spacial score (nSPS) is 18.0. The van der Waals surface area contributed by atoms with Crippen LogP contribution in [0, 0.1) is 20.8 Å². The van der Waals surface area contributed by atoms with Gasteiger partial charge in [0.25, 0.3) is 5.91 Å². The van der Waals surface area contributed by atoms with E-state index in [0.717, 1.165) is 16.5 Å². The molecule has 3 heterocycles. The predicted molar refractivity (Wildman–Crippen MR) is 91.4 cm³/mol. The zero-order valence-corrected chi connectivity index (χ0v) is 14.5. The van der Waals surface area contributed by atoms with Crippen molar-refractivity contribution < 1.29 is 13.9 Å². The molecule has 25 heavy (non-hydrogen) atoms. The molecular formula is C18H20N4O3. The Kier molecular flexibility index (Phi) is 3.80. The molecule has 1 aliphatic rings. The highest BCUT2D eigenvalue weighted by molar-refractivity contribution is 5.99. The maximum absolute atomic E-state index is 12.9. The quantitative estimate of drug-likeness (QED) is 0.775. The van der Waals surface area contributed by atoms with Gasteiger partial charge in [0.2, 0.25) is 11.8 Å². The van der Waals surface area contributed by atoms with E-state index in [1.807, 2.05) is 13.0 Å². The third-order valence-electron chi connectivity index (χ3n) is 4.49. The summed E-state index contributed by atoms with van der Waals surface area (Å²) in [7, 11) is 0. The van der Waals surface area contributed by atoms with E-state index in [4.69, 9.17) is 9.15 Å². The Hall–Kier alpha value is -2.67. The molecule has 1 amide bonds. The molecule has 1 N–H and O–H groups in total. The van der Waals surface area contributed by atoms with E-state index in [1.165, 1.54) is 5.56 Å². The van der Waals surface area contributed by atoms with Crippen molar-refractivity contribution in [2.24, 2.45) is 0 Å². The van der Waals surface area contributed by atoms with Crippen molar-refractivity contribution in [1.82, 2.24) is 20.1 Å². The van der Waals surface area contributed by atoms with Crippen molar-refractivity contribution in [3.8, 4) is 0 Å². The van der Waals surface area contributed by atoms with Gasteiger partial charge in [0.1, 0.15) is 5.69 Å².